The van der Waals surface area contributed by atoms with Crippen LogP contribution in [0.1, 0.15) is 15.9 Å². The van der Waals surface area contributed by atoms with Crippen molar-refractivity contribution >= 4 is 11.6 Å². The van der Waals surface area contributed by atoms with Crippen LogP contribution in [0.4, 0.5) is 10.1 Å². The molecule has 3 N–H and O–H groups in total. The fraction of sp³-hybridized carbons (Fsp3) is 0.182. The number of carbonyl (C=O) groups excluding carboxylic acids is 1. The summed E-state index contributed by atoms with van der Waals surface area (Å²) < 4.78 is 13.3. The van der Waals surface area contributed by atoms with Crippen LogP contribution in [-0.4, -0.2) is 12.5 Å². The van der Waals surface area contributed by atoms with E-state index in [0.717, 1.165) is 6.07 Å². The summed E-state index contributed by atoms with van der Waals surface area (Å²) in [5.74, 6) is 1.21. The number of amides is 1. The highest BCUT2D eigenvalue weighted by atomic mass is 19.1. The largest absolute Gasteiger partial charge is 0.374 e. The standard InChI is InChI=1S/C11H11FN2O/c1-3-4-14-10-6-8(11(13)15)5-9(12)7(10)2/h1,5-6,14H,4H2,2H3,(H2,13,15). The van der Waals surface area contributed by atoms with Gasteiger partial charge in [-0.05, 0) is 19.1 Å². The van der Waals surface area contributed by atoms with Gasteiger partial charge >= 0.3 is 0 Å². The van der Waals surface area contributed by atoms with Crippen LogP contribution in [0.15, 0.2) is 12.1 Å². The van der Waals surface area contributed by atoms with Gasteiger partial charge in [-0.25, -0.2) is 4.39 Å². The topological polar surface area (TPSA) is 55.1 Å². The normalized spacial score (nSPS) is 9.40. The zero-order valence-corrected chi connectivity index (χ0v) is 8.30. The zero-order valence-electron chi connectivity index (χ0n) is 8.30. The molecule has 0 saturated carbocycles. The number of anilines is 1. The number of rotatable bonds is 3. The molecule has 0 bridgehead atoms. The molecular formula is C11H11FN2O. The lowest BCUT2D eigenvalue weighted by atomic mass is 10.1. The molecule has 0 heterocycles. The van der Waals surface area contributed by atoms with Crippen molar-refractivity contribution in [2.24, 2.45) is 5.73 Å². The summed E-state index contributed by atoms with van der Waals surface area (Å²) in [4.78, 5) is 10.9. The quantitative estimate of drug-likeness (QED) is 0.732. The second kappa shape index (κ2) is 4.47. The summed E-state index contributed by atoms with van der Waals surface area (Å²) in [6, 6.07) is 2.59. The number of hydrogen-bond donors (Lipinski definition) is 2. The van der Waals surface area contributed by atoms with E-state index in [1.165, 1.54) is 6.07 Å². The Hall–Kier alpha value is -2.02. The fourth-order valence-corrected chi connectivity index (χ4v) is 1.15. The van der Waals surface area contributed by atoms with E-state index in [1.54, 1.807) is 6.92 Å². The third-order valence-electron chi connectivity index (χ3n) is 2.01. The number of benzene rings is 1. The molecule has 78 valence electrons. The van der Waals surface area contributed by atoms with Crippen molar-refractivity contribution in [3.05, 3.63) is 29.1 Å². The Morgan fingerprint density at radius 1 is 1.67 bits per heavy atom. The lowest BCUT2D eigenvalue weighted by Gasteiger charge is -2.09. The molecule has 0 aliphatic rings. The minimum Gasteiger partial charge on any atom is -0.374 e. The zero-order chi connectivity index (χ0) is 11.4. The molecule has 0 spiro atoms. The van der Waals surface area contributed by atoms with Gasteiger partial charge in [0.25, 0.3) is 0 Å². The number of hydrogen-bond acceptors (Lipinski definition) is 2. The average molecular weight is 206 g/mol. The van der Waals surface area contributed by atoms with Crippen molar-refractivity contribution in [1.82, 2.24) is 0 Å². The van der Waals surface area contributed by atoms with Gasteiger partial charge in [-0.2, -0.15) is 0 Å². The summed E-state index contributed by atoms with van der Waals surface area (Å²) in [5, 5.41) is 2.81. The van der Waals surface area contributed by atoms with Crippen molar-refractivity contribution in [3.63, 3.8) is 0 Å². The van der Waals surface area contributed by atoms with Gasteiger partial charge in [0, 0.05) is 16.8 Å². The summed E-state index contributed by atoms with van der Waals surface area (Å²) >= 11 is 0. The smallest absolute Gasteiger partial charge is 0.248 e. The monoisotopic (exact) mass is 206 g/mol. The van der Waals surface area contributed by atoms with Crippen LogP contribution in [0.5, 0.6) is 0 Å². The first-order chi connectivity index (χ1) is 7.06. The molecule has 3 nitrogen and oxygen atoms in total. The third-order valence-corrected chi connectivity index (χ3v) is 2.01. The predicted molar refractivity (Wildman–Crippen MR) is 57.0 cm³/mol. The number of halogens is 1. The van der Waals surface area contributed by atoms with E-state index in [4.69, 9.17) is 12.2 Å². The highest BCUT2D eigenvalue weighted by molar-refractivity contribution is 5.94. The van der Waals surface area contributed by atoms with E-state index in [1.807, 2.05) is 0 Å². The third kappa shape index (κ3) is 2.47. The Balaban J connectivity index is 3.14. The predicted octanol–water partition coefficient (Wildman–Crippen LogP) is 1.28. The van der Waals surface area contributed by atoms with E-state index in [0.29, 0.717) is 11.3 Å². The molecule has 1 amide bonds. The van der Waals surface area contributed by atoms with Crippen molar-refractivity contribution in [1.29, 1.82) is 0 Å². The lowest BCUT2D eigenvalue weighted by Crippen LogP contribution is -2.13. The number of nitrogens with one attached hydrogen (secondary N) is 1. The molecule has 0 aliphatic heterocycles. The molecule has 1 rings (SSSR count). The molecule has 15 heavy (non-hydrogen) atoms. The Morgan fingerprint density at radius 3 is 2.87 bits per heavy atom. The summed E-state index contributed by atoms with van der Waals surface area (Å²) in [6.07, 6.45) is 5.06. The van der Waals surface area contributed by atoms with Crippen LogP contribution < -0.4 is 11.1 Å². The second-order valence-electron chi connectivity index (χ2n) is 3.05. The SMILES string of the molecule is C#CCNc1cc(C(N)=O)cc(F)c1C. The minimum atomic E-state index is -0.669. The number of carbonyl (C=O) groups is 1. The van der Waals surface area contributed by atoms with E-state index in [-0.39, 0.29) is 12.1 Å². The maximum atomic E-state index is 13.3. The molecule has 0 aromatic heterocycles. The molecule has 0 radical (unpaired) electrons. The van der Waals surface area contributed by atoms with Gasteiger partial charge in [-0.15, -0.1) is 6.42 Å². The Morgan fingerprint density at radius 2 is 2.33 bits per heavy atom. The molecule has 4 heteroatoms. The Labute approximate surface area is 87.5 Å². The summed E-state index contributed by atoms with van der Waals surface area (Å²) in [7, 11) is 0. The Kier molecular flexibility index (Phi) is 3.29. The fourth-order valence-electron chi connectivity index (χ4n) is 1.15. The van der Waals surface area contributed by atoms with Crippen LogP contribution in [-0.2, 0) is 0 Å². The van der Waals surface area contributed by atoms with Crippen molar-refractivity contribution in [2.75, 3.05) is 11.9 Å². The first kappa shape index (κ1) is 11.1. The van der Waals surface area contributed by atoms with E-state index in [2.05, 4.69) is 11.2 Å². The van der Waals surface area contributed by atoms with Gasteiger partial charge < -0.3 is 11.1 Å². The van der Waals surface area contributed by atoms with Crippen LogP contribution >= 0.6 is 0 Å². The van der Waals surface area contributed by atoms with Gasteiger partial charge in [0.2, 0.25) is 5.91 Å². The molecule has 0 atom stereocenters. The molecule has 0 saturated heterocycles. The second-order valence-corrected chi connectivity index (χ2v) is 3.05. The number of terminal acetylenes is 1. The maximum absolute atomic E-state index is 13.3. The van der Waals surface area contributed by atoms with Crippen LogP contribution in [0.25, 0.3) is 0 Å². The molecule has 0 aliphatic carbocycles. The van der Waals surface area contributed by atoms with E-state index in [9.17, 15) is 9.18 Å². The number of nitrogens with two attached hydrogens (primary N) is 1. The highest BCUT2D eigenvalue weighted by Crippen LogP contribution is 2.20. The molecule has 0 unspecified atom stereocenters. The first-order valence-corrected chi connectivity index (χ1v) is 4.33. The molecular weight excluding hydrogens is 195 g/mol. The lowest BCUT2D eigenvalue weighted by molar-refractivity contribution is 0.1000. The molecule has 1 aromatic rings. The summed E-state index contributed by atoms with van der Waals surface area (Å²) in [5.41, 5.74) is 6.08. The van der Waals surface area contributed by atoms with E-state index >= 15 is 0 Å². The van der Waals surface area contributed by atoms with Crippen LogP contribution in [0.2, 0.25) is 0 Å². The van der Waals surface area contributed by atoms with Gasteiger partial charge in [0.05, 0.1) is 6.54 Å². The van der Waals surface area contributed by atoms with Crippen LogP contribution in [0.3, 0.4) is 0 Å². The summed E-state index contributed by atoms with van der Waals surface area (Å²) in [6.45, 7) is 1.86. The Bertz CT molecular complexity index is 435. The van der Waals surface area contributed by atoms with Gasteiger partial charge in [0.1, 0.15) is 5.82 Å². The van der Waals surface area contributed by atoms with Crippen LogP contribution in [0, 0.1) is 25.1 Å². The highest BCUT2D eigenvalue weighted by Gasteiger charge is 2.09. The molecule has 1 aromatic carbocycles. The van der Waals surface area contributed by atoms with Crippen molar-refractivity contribution < 1.29 is 9.18 Å². The van der Waals surface area contributed by atoms with E-state index < -0.39 is 11.7 Å². The van der Waals surface area contributed by atoms with Gasteiger partial charge in [-0.1, -0.05) is 5.92 Å². The number of primary amides is 1. The maximum Gasteiger partial charge on any atom is 0.248 e. The van der Waals surface area contributed by atoms with Crippen molar-refractivity contribution in [2.45, 2.75) is 6.92 Å². The minimum absolute atomic E-state index is 0.123. The first-order valence-electron chi connectivity index (χ1n) is 4.33. The van der Waals surface area contributed by atoms with Gasteiger partial charge in [-0.3, -0.25) is 4.79 Å². The molecule has 0 fully saturated rings. The van der Waals surface area contributed by atoms with Gasteiger partial charge in [0.15, 0.2) is 0 Å². The van der Waals surface area contributed by atoms with Crippen molar-refractivity contribution in [3.8, 4) is 12.3 Å². The average Bonchev–Trinajstić information content (AvgIpc) is 2.19.